The van der Waals surface area contributed by atoms with Gasteiger partial charge in [-0.05, 0) is 98.6 Å². The van der Waals surface area contributed by atoms with Crippen LogP contribution in [0.1, 0.15) is 66.7 Å². The van der Waals surface area contributed by atoms with Gasteiger partial charge in [-0.2, -0.15) is 5.26 Å². The van der Waals surface area contributed by atoms with E-state index in [2.05, 4.69) is 6.58 Å². The van der Waals surface area contributed by atoms with Crippen LogP contribution in [0.25, 0.3) is 0 Å². The Morgan fingerprint density at radius 3 is 2.03 bits per heavy atom. The van der Waals surface area contributed by atoms with Gasteiger partial charge in [-0.3, -0.25) is 0 Å². The largest absolute Gasteiger partial charge is 0.207 e. The fraction of sp³-hybridized carbons (Fsp3) is 0.400. The molecule has 1 aliphatic carbocycles. The molecule has 2 aromatic rings. The number of hydrogen-bond donors (Lipinski definition) is 0. The molecule has 0 amide bonds. The van der Waals surface area contributed by atoms with Crippen LogP contribution in [0.5, 0.6) is 0 Å². The van der Waals surface area contributed by atoms with E-state index in [1.54, 1.807) is 0 Å². The zero-order valence-electron chi connectivity index (χ0n) is 16.9. The average molecular weight is 415 g/mol. The molecule has 1 nitrogen and oxygen atoms in total. The molecule has 0 aromatic heterocycles. The Hall–Kier alpha value is -2.61. The summed E-state index contributed by atoms with van der Waals surface area (Å²) in [7, 11) is 0. The van der Waals surface area contributed by atoms with E-state index in [-0.39, 0.29) is 29.9 Å². The predicted octanol–water partition coefficient (Wildman–Crippen LogP) is 7.14. The maximum atomic E-state index is 14.6. The number of benzene rings is 2. The lowest BCUT2D eigenvalue weighted by Gasteiger charge is -2.29. The van der Waals surface area contributed by atoms with E-state index in [0.717, 1.165) is 50.7 Å². The molecule has 0 bridgehead atoms. The van der Waals surface area contributed by atoms with Crippen LogP contribution in [0, 0.1) is 40.5 Å². The van der Waals surface area contributed by atoms with Gasteiger partial charge in [0.1, 0.15) is 34.9 Å². The van der Waals surface area contributed by atoms with Crippen LogP contribution < -0.4 is 0 Å². The van der Waals surface area contributed by atoms with Crippen molar-refractivity contribution in [1.82, 2.24) is 0 Å². The first-order valence-electron chi connectivity index (χ1n) is 10.4. The molecule has 1 aliphatic rings. The number of hydrogen-bond acceptors (Lipinski definition) is 1. The van der Waals surface area contributed by atoms with Crippen LogP contribution in [0.3, 0.4) is 0 Å². The van der Waals surface area contributed by atoms with E-state index in [4.69, 9.17) is 5.26 Å². The van der Waals surface area contributed by atoms with Crippen LogP contribution in [0.4, 0.5) is 17.6 Å². The molecule has 5 heteroatoms. The lowest BCUT2D eigenvalue weighted by molar-refractivity contribution is 0.311. The van der Waals surface area contributed by atoms with Crippen LogP contribution in [-0.2, 0) is 12.8 Å². The van der Waals surface area contributed by atoms with E-state index in [1.165, 1.54) is 18.2 Å². The summed E-state index contributed by atoms with van der Waals surface area (Å²) in [6.07, 6.45) is 8.05. The molecule has 0 N–H and O–H groups in total. The van der Waals surface area contributed by atoms with Gasteiger partial charge in [-0.1, -0.05) is 6.08 Å². The Morgan fingerprint density at radius 1 is 0.900 bits per heavy atom. The van der Waals surface area contributed by atoms with Crippen molar-refractivity contribution in [3.8, 4) is 6.07 Å². The first kappa shape index (κ1) is 22.1. The van der Waals surface area contributed by atoms with Crippen molar-refractivity contribution in [2.24, 2.45) is 5.92 Å². The summed E-state index contributed by atoms with van der Waals surface area (Å²) in [5, 5.41) is 8.72. The Bertz CT molecular complexity index is 906. The van der Waals surface area contributed by atoms with Gasteiger partial charge in [0.05, 0.1) is 0 Å². The summed E-state index contributed by atoms with van der Waals surface area (Å²) in [6.45, 7) is 3.75. The van der Waals surface area contributed by atoms with Crippen LogP contribution in [0.2, 0.25) is 0 Å². The zero-order valence-corrected chi connectivity index (χ0v) is 16.9. The molecule has 1 saturated carbocycles. The number of nitrogens with zero attached hydrogens (tertiary/aromatic N) is 1. The highest BCUT2D eigenvalue weighted by molar-refractivity contribution is 5.36. The Balaban J connectivity index is 1.67. The van der Waals surface area contributed by atoms with Gasteiger partial charge in [0.15, 0.2) is 0 Å². The Labute approximate surface area is 175 Å². The fourth-order valence-corrected chi connectivity index (χ4v) is 4.38. The summed E-state index contributed by atoms with van der Waals surface area (Å²) < 4.78 is 56.8. The second-order valence-electron chi connectivity index (χ2n) is 8.09. The molecule has 0 unspecified atom stereocenters. The highest BCUT2D eigenvalue weighted by atomic mass is 19.1. The van der Waals surface area contributed by atoms with Crippen LogP contribution >= 0.6 is 0 Å². The molecule has 0 saturated heterocycles. The zero-order chi connectivity index (χ0) is 21.7. The minimum Gasteiger partial charge on any atom is -0.207 e. The highest BCUT2D eigenvalue weighted by Crippen LogP contribution is 2.38. The second-order valence-corrected chi connectivity index (χ2v) is 8.09. The van der Waals surface area contributed by atoms with Gasteiger partial charge < -0.3 is 0 Å². The van der Waals surface area contributed by atoms with E-state index in [9.17, 15) is 17.6 Å². The quantitative estimate of drug-likeness (QED) is 0.348. The van der Waals surface area contributed by atoms with E-state index in [0.29, 0.717) is 11.5 Å². The monoisotopic (exact) mass is 415 g/mol. The smallest absolute Gasteiger partial charge is 0.144 e. The maximum Gasteiger partial charge on any atom is 0.144 e. The first-order valence-corrected chi connectivity index (χ1v) is 10.4. The van der Waals surface area contributed by atoms with Crippen molar-refractivity contribution < 1.29 is 17.6 Å². The summed E-state index contributed by atoms with van der Waals surface area (Å²) in [5.74, 6) is -2.35. The molecule has 0 radical (unpaired) electrons. The average Bonchev–Trinajstić information content (AvgIpc) is 2.71. The molecule has 0 spiro atoms. The molecular formula is C25H25F4N. The van der Waals surface area contributed by atoms with Crippen molar-refractivity contribution in [1.29, 1.82) is 5.26 Å². The van der Waals surface area contributed by atoms with Gasteiger partial charge in [0, 0.05) is 5.56 Å². The number of nitriles is 1. The van der Waals surface area contributed by atoms with Crippen molar-refractivity contribution in [3.05, 3.63) is 82.4 Å². The summed E-state index contributed by atoms with van der Waals surface area (Å²) >= 11 is 0. The number of aryl methyl sites for hydroxylation is 1. The molecule has 0 heterocycles. The molecule has 158 valence electrons. The first-order chi connectivity index (χ1) is 14.4. The van der Waals surface area contributed by atoms with Gasteiger partial charge in [0.25, 0.3) is 0 Å². The van der Waals surface area contributed by atoms with Crippen molar-refractivity contribution in [3.63, 3.8) is 0 Å². The van der Waals surface area contributed by atoms with Crippen LogP contribution in [-0.4, -0.2) is 0 Å². The number of rotatable bonds is 7. The lowest BCUT2D eigenvalue weighted by atomic mass is 9.77. The summed E-state index contributed by atoms with van der Waals surface area (Å²) in [5.41, 5.74) is 0.208. The maximum absolute atomic E-state index is 14.6. The molecule has 1 fully saturated rings. The summed E-state index contributed by atoms with van der Waals surface area (Å²) in [4.78, 5) is 0. The molecule has 0 aliphatic heterocycles. The standard InChI is InChI=1S/C25H25F4N/c1-2-3-4-16-5-8-18(9-6-16)19-13-24(28)20(25(29)14-19)10-7-17-11-22(26)21(15-30)23(27)12-17/h2,11-14,16,18H,1,3-10H2. The van der Waals surface area contributed by atoms with E-state index < -0.39 is 28.8 Å². The minimum atomic E-state index is -0.965. The second kappa shape index (κ2) is 9.93. The van der Waals surface area contributed by atoms with Crippen molar-refractivity contribution in [2.75, 3.05) is 0 Å². The van der Waals surface area contributed by atoms with Crippen molar-refractivity contribution in [2.45, 2.75) is 57.3 Å². The molecule has 30 heavy (non-hydrogen) atoms. The number of halogens is 4. The van der Waals surface area contributed by atoms with Gasteiger partial charge in [0.2, 0.25) is 0 Å². The molecule has 0 atom stereocenters. The molecule has 2 aromatic carbocycles. The Kier molecular flexibility index (Phi) is 7.31. The fourth-order valence-electron chi connectivity index (χ4n) is 4.38. The van der Waals surface area contributed by atoms with Gasteiger partial charge in [-0.15, -0.1) is 6.58 Å². The van der Waals surface area contributed by atoms with Crippen molar-refractivity contribution >= 4 is 0 Å². The summed E-state index contributed by atoms with van der Waals surface area (Å²) in [6, 6.07) is 6.35. The van der Waals surface area contributed by atoms with Crippen LogP contribution in [0.15, 0.2) is 36.9 Å². The topological polar surface area (TPSA) is 23.8 Å². The minimum absolute atomic E-state index is 0.0168. The highest BCUT2D eigenvalue weighted by Gasteiger charge is 2.24. The van der Waals surface area contributed by atoms with E-state index in [1.807, 2.05) is 6.08 Å². The SMILES string of the molecule is C=CCCC1CCC(c2cc(F)c(CCc3cc(F)c(C#N)c(F)c3)c(F)c2)CC1. The molecular weight excluding hydrogens is 390 g/mol. The normalized spacial score (nSPS) is 18.8. The van der Waals surface area contributed by atoms with E-state index >= 15 is 0 Å². The molecule has 3 rings (SSSR count). The van der Waals surface area contributed by atoms with Gasteiger partial charge >= 0.3 is 0 Å². The predicted molar refractivity (Wildman–Crippen MR) is 109 cm³/mol. The third-order valence-electron chi connectivity index (χ3n) is 6.14. The third-order valence-corrected chi connectivity index (χ3v) is 6.14. The van der Waals surface area contributed by atoms with Gasteiger partial charge in [-0.25, -0.2) is 17.6 Å². The Morgan fingerprint density at radius 2 is 1.50 bits per heavy atom. The number of allylic oxidation sites excluding steroid dienone is 1. The third kappa shape index (κ3) is 5.11. The lowest BCUT2D eigenvalue weighted by Crippen LogP contribution is -2.14.